The quantitative estimate of drug-likeness (QED) is 0.639. The third-order valence-electron chi connectivity index (χ3n) is 2.10. The molecule has 0 unspecified atom stereocenters. The molecule has 17 heavy (non-hydrogen) atoms. The number of hydrogen-bond acceptors (Lipinski definition) is 3. The summed E-state index contributed by atoms with van der Waals surface area (Å²) in [6.45, 7) is 1.87. The first-order valence-corrected chi connectivity index (χ1v) is 8.11. The molecule has 0 saturated carbocycles. The van der Waals surface area contributed by atoms with Crippen molar-refractivity contribution in [3.8, 4) is 0 Å². The molecule has 1 aromatic rings. The van der Waals surface area contributed by atoms with Crippen molar-refractivity contribution in [2.75, 3.05) is 16.4 Å². The number of unbranched alkanes of at least 4 members (excludes halogenated alkanes) is 1. The van der Waals surface area contributed by atoms with Crippen LogP contribution in [-0.2, 0) is 10.0 Å². The molecule has 0 aliphatic carbocycles. The Morgan fingerprint density at radius 1 is 1.47 bits per heavy atom. The van der Waals surface area contributed by atoms with Crippen LogP contribution in [0, 0.1) is 6.92 Å². The summed E-state index contributed by atoms with van der Waals surface area (Å²) in [4.78, 5) is 3.99. The summed E-state index contributed by atoms with van der Waals surface area (Å²) in [5.74, 6) is 0.887. The summed E-state index contributed by atoms with van der Waals surface area (Å²) in [5.41, 5.74) is 0.929. The van der Waals surface area contributed by atoms with E-state index < -0.39 is 10.0 Å². The second kappa shape index (κ2) is 6.56. The summed E-state index contributed by atoms with van der Waals surface area (Å²) < 4.78 is 26.6. The zero-order valence-corrected chi connectivity index (χ0v) is 12.6. The Labute approximate surface area is 115 Å². The smallest absolute Gasteiger partial charge is 0.233 e. The second-order valence-corrected chi connectivity index (χ2v) is 6.71. The van der Waals surface area contributed by atoms with E-state index in [0.29, 0.717) is 24.5 Å². The Morgan fingerprint density at radius 3 is 2.76 bits per heavy atom. The van der Waals surface area contributed by atoms with Gasteiger partial charge in [0.2, 0.25) is 10.0 Å². The number of nitrogens with zero attached hydrogens (tertiary/aromatic N) is 1. The molecule has 0 amide bonds. The van der Waals surface area contributed by atoms with Crippen LogP contribution in [0.25, 0.3) is 0 Å². The molecule has 0 bridgehead atoms. The van der Waals surface area contributed by atoms with Crippen molar-refractivity contribution < 1.29 is 8.42 Å². The fourth-order valence-electron chi connectivity index (χ4n) is 1.19. The molecule has 0 radical (unpaired) electrons. The molecular formula is C10H14BrClN2O2S. The molecule has 1 aromatic heterocycles. The van der Waals surface area contributed by atoms with Gasteiger partial charge in [0.25, 0.3) is 0 Å². The topological polar surface area (TPSA) is 59.1 Å². The number of pyridine rings is 1. The van der Waals surface area contributed by atoms with E-state index >= 15 is 0 Å². The largest absolute Gasteiger partial charge is 0.267 e. The van der Waals surface area contributed by atoms with Crippen molar-refractivity contribution in [3.63, 3.8) is 0 Å². The minimum Gasteiger partial charge on any atom is -0.267 e. The first-order chi connectivity index (χ1) is 7.94. The van der Waals surface area contributed by atoms with E-state index in [9.17, 15) is 8.42 Å². The zero-order valence-electron chi connectivity index (χ0n) is 9.41. The van der Waals surface area contributed by atoms with Gasteiger partial charge in [0, 0.05) is 16.5 Å². The fraction of sp³-hybridized carbons (Fsp3) is 0.500. The van der Waals surface area contributed by atoms with Gasteiger partial charge in [-0.25, -0.2) is 13.4 Å². The van der Waals surface area contributed by atoms with E-state index in [0.717, 1.165) is 10.0 Å². The minimum absolute atomic E-state index is 0.0660. The lowest BCUT2D eigenvalue weighted by molar-refractivity contribution is 0.598. The van der Waals surface area contributed by atoms with Gasteiger partial charge in [0.1, 0.15) is 5.82 Å². The van der Waals surface area contributed by atoms with Crippen LogP contribution in [0.5, 0.6) is 0 Å². The van der Waals surface area contributed by atoms with Crippen molar-refractivity contribution in [1.82, 2.24) is 4.98 Å². The van der Waals surface area contributed by atoms with Gasteiger partial charge in [-0.3, -0.25) is 4.72 Å². The number of anilines is 1. The summed E-state index contributed by atoms with van der Waals surface area (Å²) in [6.07, 6.45) is 2.82. The van der Waals surface area contributed by atoms with Gasteiger partial charge in [-0.15, -0.1) is 11.6 Å². The van der Waals surface area contributed by atoms with Crippen LogP contribution in [0.3, 0.4) is 0 Å². The van der Waals surface area contributed by atoms with E-state index in [1.165, 1.54) is 0 Å². The molecule has 0 saturated heterocycles. The number of alkyl halides is 1. The van der Waals surface area contributed by atoms with E-state index in [-0.39, 0.29) is 5.75 Å². The number of sulfonamides is 1. The molecule has 1 N–H and O–H groups in total. The molecule has 0 fully saturated rings. The molecule has 0 aromatic carbocycles. The monoisotopic (exact) mass is 340 g/mol. The first kappa shape index (κ1) is 14.7. The average molecular weight is 342 g/mol. The van der Waals surface area contributed by atoms with Gasteiger partial charge >= 0.3 is 0 Å². The number of aryl methyl sites for hydroxylation is 1. The van der Waals surface area contributed by atoms with Gasteiger partial charge < -0.3 is 0 Å². The molecule has 1 heterocycles. The molecule has 0 aliphatic heterocycles. The predicted molar refractivity (Wildman–Crippen MR) is 74.0 cm³/mol. The highest BCUT2D eigenvalue weighted by Gasteiger charge is 2.11. The highest BCUT2D eigenvalue weighted by Crippen LogP contribution is 2.18. The van der Waals surface area contributed by atoms with E-state index in [2.05, 4.69) is 25.6 Å². The number of hydrogen-bond donors (Lipinski definition) is 1. The van der Waals surface area contributed by atoms with Crippen LogP contribution >= 0.6 is 27.5 Å². The zero-order chi connectivity index (χ0) is 12.9. The van der Waals surface area contributed by atoms with Crippen molar-refractivity contribution in [3.05, 3.63) is 22.3 Å². The lowest BCUT2D eigenvalue weighted by Crippen LogP contribution is -2.17. The van der Waals surface area contributed by atoms with Crippen molar-refractivity contribution >= 4 is 43.4 Å². The van der Waals surface area contributed by atoms with E-state index in [4.69, 9.17) is 11.6 Å². The van der Waals surface area contributed by atoms with Crippen molar-refractivity contribution in [1.29, 1.82) is 0 Å². The number of rotatable bonds is 6. The van der Waals surface area contributed by atoms with Crippen LogP contribution in [0.15, 0.2) is 16.7 Å². The van der Waals surface area contributed by atoms with Gasteiger partial charge in [0.15, 0.2) is 0 Å². The summed E-state index contributed by atoms with van der Waals surface area (Å²) in [7, 11) is -3.32. The first-order valence-electron chi connectivity index (χ1n) is 5.13. The highest BCUT2D eigenvalue weighted by molar-refractivity contribution is 9.10. The maximum atomic E-state index is 11.7. The third kappa shape index (κ3) is 5.23. The number of nitrogens with one attached hydrogen (secondary N) is 1. The molecular weight excluding hydrogens is 328 g/mol. The maximum Gasteiger partial charge on any atom is 0.233 e. The Hall–Kier alpha value is -0.330. The predicted octanol–water partition coefficient (Wildman–Crippen LogP) is 2.91. The molecule has 7 heteroatoms. The summed E-state index contributed by atoms with van der Waals surface area (Å²) in [6, 6.07) is 1.68. The number of halogens is 2. The normalized spacial score (nSPS) is 11.5. The van der Waals surface area contributed by atoms with Gasteiger partial charge in [-0.05, 0) is 47.3 Å². The summed E-state index contributed by atoms with van der Waals surface area (Å²) >= 11 is 8.80. The lowest BCUT2D eigenvalue weighted by Gasteiger charge is -2.07. The molecule has 0 atom stereocenters. The number of aromatic nitrogens is 1. The Kier molecular flexibility index (Phi) is 5.69. The lowest BCUT2D eigenvalue weighted by atomic mass is 10.3. The van der Waals surface area contributed by atoms with E-state index in [1.54, 1.807) is 12.3 Å². The SMILES string of the molecule is Cc1cc(NS(=O)(=O)CCCCCl)ncc1Br. The Morgan fingerprint density at radius 2 is 2.18 bits per heavy atom. The van der Waals surface area contributed by atoms with Gasteiger partial charge in [-0.2, -0.15) is 0 Å². The van der Waals surface area contributed by atoms with Crippen molar-refractivity contribution in [2.45, 2.75) is 19.8 Å². The van der Waals surface area contributed by atoms with Gasteiger partial charge in [-0.1, -0.05) is 0 Å². The maximum absolute atomic E-state index is 11.7. The van der Waals surface area contributed by atoms with Gasteiger partial charge in [0.05, 0.1) is 5.75 Å². The summed E-state index contributed by atoms with van der Waals surface area (Å²) in [5, 5.41) is 0. The minimum atomic E-state index is -3.32. The Bertz CT molecular complexity index is 479. The fourth-order valence-corrected chi connectivity index (χ4v) is 2.71. The molecule has 0 aliphatic rings. The average Bonchev–Trinajstić information content (AvgIpc) is 2.23. The molecule has 4 nitrogen and oxygen atoms in total. The molecule has 96 valence electrons. The van der Waals surface area contributed by atoms with E-state index in [1.807, 2.05) is 6.92 Å². The van der Waals surface area contributed by atoms with Crippen LogP contribution in [0.1, 0.15) is 18.4 Å². The molecule has 0 spiro atoms. The van der Waals surface area contributed by atoms with Crippen LogP contribution in [0.4, 0.5) is 5.82 Å². The van der Waals surface area contributed by atoms with Crippen LogP contribution in [0.2, 0.25) is 0 Å². The van der Waals surface area contributed by atoms with Crippen molar-refractivity contribution in [2.24, 2.45) is 0 Å². The Balaban J connectivity index is 2.66. The third-order valence-corrected chi connectivity index (χ3v) is 4.55. The van der Waals surface area contributed by atoms with Crippen LogP contribution in [-0.4, -0.2) is 25.0 Å². The van der Waals surface area contributed by atoms with Crippen LogP contribution < -0.4 is 4.72 Å². The second-order valence-electron chi connectivity index (χ2n) is 3.64. The standard InChI is InChI=1S/C10H14BrClN2O2S/c1-8-6-10(13-7-9(8)11)14-17(15,16)5-3-2-4-12/h6-7H,2-5H2,1H3,(H,13,14). The molecule has 1 rings (SSSR count). The highest BCUT2D eigenvalue weighted by atomic mass is 79.9.